The van der Waals surface area contributed by atoms with Crippen LogP contribution in [0.15, 0.2) is 36.9 Å². The standard InChI is InChI=1S/C23H22FN7O/c1-2-14-3-5-17(6-4-14)30-13-16-7-21(19(24)8-20(16)29-30)28-23(32)18-11-27-31-12-15(9-25)10-26-22(18)31/h7-8,10-14,17H,2-6H2,1H3,(H,28,32). The number of aromatic nitrogens is 5. The molecule has 0 saturated heterocycles. The van der Waals surface area contributed by atoms with Crippen LogP contribution in [0.2, 0.25) is 0 Å². The van der Waals surface area contributed by atoms with Gasteiger partial charge >= 0.3 is 0 Å². The van der Waals surface area contributed by atoms with Gasteiger partial charge in [-0.25, -0.2) is 13.9 Å². The zero-order chi connectivity index (χ0) is 22.2. The molecule has 4 aromatic rings. The fraction of sp³-hybridized carbons (Fsp3) is 0.348. The van der Waals surface area contributed by atoms with E-state index < -0.39 is 11.7 Å². The second kappa shape index (κ2) is 8.04. The van der Waals surface area contributed by atoms with E-state index >= 15 is 0 Å². The number of carbonyl (C=O) groups is 1. The Hall–Kier alpha value is -3.80. The van der Waals surface area contributed by atoms with E-state index in [9.17, 15) is 9.18 Å². The number of hydrogen-bond donors (Lipinski definition) is 1. The molecule has 3 heterocycles. The third-order valence-corrected chi connectivity index (χ3v) is 6.36. The number of rotatable bonds is 4. The first-order valence-corrected chi connectivity index (χ1v) is 10.8. The van der Waals surface area contributed by atoms with Crippen molar-refractivity contribution < 1.29 is 9.18 Å². The van der Waals surface area contributed by atoms with Crippen molar-refractivity contribution in [2.45, 2.75) is 45.1 Å². The Morgan fingerprint density at radius 1 is 1.25 bits per heavy atom. The van der Waals surface area contributed by atoms with E-state index in [0.29, 0.717) is 22.8 Å². The normalized spacial score (nSPS) is 18.7. The number of nitrogens with zero attached hydrogens (tertiary/aromatic N) is 6. The molecule has 1 fully saturated rings. The minimum absolute atomic E-state index is 0.0738. The number of hydrogen-bond acceptors (Lipinski definition) is 5. The van der Waals surface area contributed by atoms with Gasteiger partial charge in [-0.15, -0.1) is 0 Å². The Balaban J connectivity index is 1.39. The minimum Gasteiger partial charge on any atom is -0.319 e. The van der Waals surface area contributed by atoms with Crippen molar-refractivity contribution in [3.05, 3.63) is 53.9 Å². The van der Waals surface area contributed by atoms with Crippen molar-refractivity contribution in [3.63, 3.8) is 0 Å². The Morgan fingerprint density at radius 2 is 2.06 bits per heavy atom. The van der Waals surface area contributed by atoms with E-state index in [0.717, 1.165) is 24.1 Å². The van der Waals surface area contributed by atoms with Gasteiger partial charge in [0.2, 0.25) is 0 Å². The molecule has 3 aromatic heterocycles. The highest BCUT2D eigenvalue weighted by Crippen LogP contribution is 2.34. The molecule has 9 heteroatoms. The van der Waals surface area contributed by atoms with E-state index in [1.807, 2.05) is 16.9 Å². The summed E-state index contributed by atoms with van der Waals surface area (Å²) in [6, 6.07) is 5.26. The van der Waals surface area contributed by atoms with Gasteiger partial charge in [0, 0.05) is 23.8 Å². The molecule has 1 N–H and O–H groups in total. The van der Waals surface area contributed by atoms with Crippen molar-refractivity contribution >= 4 is 28.1 Å². The van der Waals surface area contributed by atoms with Crippen molar-refractivity contribution in [1.82, 2.24) is 24.4 Å². The first-order valence-electron chi connectivity index (χ1n) is 10.8. The molecule has 0 spiro atoms. The molecule has 0 radical (unpaired) electrons. The van der Waals surface area contributed by atoms with Gasteiger partial charge in [0.05, 0.1) is 35.2 Å². The maximum absolute atomic E-state index is 14.7. The highest BCUT2D eigenvalue weighted by molar-refractivity contribution is 6.08. The Kier molecular flexibility index (Phi) is 5.05. The summed E-state index contributed by atoms with van der Waals surface area (Å²) in [7, 11) is 0. The monoisotopic (exact) mass is 431 g/mol. The molecule has 8 nitrogen and oxygen atoms in total. The number of anilines is 1. The number of amides is 1. The van der Waals surface area contributed by atoms with Crippen LogP contribution in [0.25, 0.3) is 16.6 Å². The van der Waals surface area contributed by atoms with Gasteiger partial charge in [-0.3, -0.25) is 9.48 Å². The Bertz CT molecular complexity index is 1360. The van der Waals surface area contributed by atoms with Crippen molar-refractivity contribution in [1.29, 1.82) is 5.26 Å². The minimum atomic E-state index is -0.554. The van der Waals surface area contributed by atoms with Crippen LogP contribution in [-0.2, 0) is 0 Å². The van der Waals surface area contributed by atoms with Gasteiger partial charge in [-0.2, -0.15) is 15.5 Å². The number of carbonyl (C=O) groups excluding carboxylic acids is 1. The molecule has 1 aromatic carbocycles. The maximum atomic E-state index is 14.7. The lowest BCUT2D eigenvalue weighted by Crippen LogP contribution is -2.18. The van der Waals surface area contributed by atoms with Crippen LogP contribution in [0.3, 0.4) is 0 Å². The zero-order valence-electron chi connectivity index (χ0n) is 17.6. The SMILES string of the molecule is CCC1CCC(n2cc3cc(NC(=O)c4cnn5cc(C#N)cnc45)c(F)cc3n2)CC1. The number of nitrogens with one attached hydrogen (secondary N) is 1. The molecular weight excluding hydrogens is 409 g/mol. The fourth-order valence-electron chi connectivity index (χ4n) is 4.45. The van der Waals surface area contributed by atoms with Gasteiger partial charge in [0.15, 0.2) is 5.65 Å². The summed E-state index contributed by atoms with van der Waals surface area (Å²) in [5.41, 5.74) is 1.45. The Morgan fingerprint density at radius 3 is 2.81 bits per heavy atom. The fourth-order valence-corrected chi connectivity index (χ4v) is 4.45. The van der Waals surface area contributed by atoms with E-state index in [1.54, 1.807) is 6.07 Å². The molecule has 1 amide bonds. The number of fused-ring (bicyclic) bond motifs is 2. The van der Waals surface area contributed by atoms with Gasteiger partial charge in [0.1, 0.15) is 17.4 Å². The third-order valence-electron chi connectivity index (χ3n) is 6.36. The predicted octanol–water partition coefficient (Wildman–Crippen LogP) is 4.48. The molecule has 0 aliphatic heterocycles. The summed E-state index contributed by atoms with van der Waals surface area (Å²) >= 11 is 0. The molecule has 32 heavy (non-hydrogen) atoms. The van der Waals surface area contributed by atoms with Gasteiger partial charge in [-0.1, -0.05) is 13.3 Å². The average Bonchev–Trinajstić information content (AvgIpc) is 3.42. The smallest absolute Gasteiger partial charge is 0.261 e. The number of halogens is 1. The quantitative estimate of drug-likeness (QED) is 0.513. The van der Waals surface area contributed by atoms with Crippen LogP contribution in [-0.4, -0.2) is 30.3 Å². The topological polar surface area (TPSA) is 101 Å². The highest BCUT2D eigenvalue weighted by Gasteiger charge is 2.23. The predicted molar refractivity (Wildman–Crippen MR) is 117 cm³/mol. The molecule has 1 aliphatic rings. The molecule has 0 atom stereocenters. The van der Waals surface area contributed by atoms with Crippen molar-refractivity contribution in [2.75, 3.05) is 5.32 Å². The summed E-state index contributed by atoms with van der Waals surface area (Å²) in [6.45, 7) is 2.23. The van der Waals surface area contributed by atoms with Crippen molar-refractivity contribution in [2.24, 2.45) is 5.92 Å². The van der Waals surface area contributed by atoms with Gasteiger partial charge in [0.25, 0.3) is 5.91 Å². The summed E-state index contributed by atoms with van der Waals surface area (Å²) in [5, 5.41) is 21.0. The lowest BCUT2D eigenvalue weighted by Gasteiger charge is -2.27. The number of nitriles is 1. The van der Waals surface area contributed by atoms with E-state index in [-0.39, 0.29) is 11.3 Å². The van der Waals surface area contributed by atoms with Crippen molar-refractivity contribution in [3.8, 4) is 6.07 Å². The molecule has 0 bridgehead atoms. The Labute approximate surface area is 183 Å². The number of benzene rings is 1. The molecular formula is C23H22FN7O. The summed E-state index contributed by atoms with van der Waals surface area (Å²) in [4.78, 5) is 16.9. The summed E-state index contributed by atoms with van der Waals surface area (Å²) < 4.78 is 18.0. The van der Waals surface area contributed by atoms with E-state index in [4.69, 9.17) is 5.26 Å². The average molecular weight is 431 g/mol. The van der Waals surface area contributed by atoms with E-state index in [1.165, 1.54) is 48.4 Å². The van der Waals surface area contributed by atoms with Gasteiger partial charge < -0.3 is 5.32 Å². The highest BCUT2D eigenvalue weighted by atomic mass is 19.1. The molecule has 1 saturated carbocycles. The molecule has 5 rings (SSSR count). The third kappa shape index (κ3) is 3.58. The van der Waals surface area contributed by atoms with E-state index in [2.05, 4.69) is 27.4 Å². The van der Waals surface area contributed by atoms with Crippen LogP contribution in [0, 0.1) is 23.1 Å². The molecule has 1 aliphatic carbocycles. The van der Waals surface area contributed by atoms with Crippen LogP contribution in [0.4, 0.5) is 10.1 Å². The second-order valence-corrected chi connectivity index (χ2v) is 8.32. The van der Waals surface area contributed by atoms with Crippen LogP contribution in [0.5, 0.6) is 0 Å². The first-order chi connectivity index (χ1) is 15.6. The van der Waals surface area contributed by atoms with Crippen LogP contribution >= 0.6 is 0 Å². The lowest BCUT2D eigenvalue weighted by molar-refractivity contribution is 0.102. The van der Waals surface area contributed by atoms with Gasteiger partial charge in [-0.05, 0) is 37.7 Å². The maximum Gasteiger partial charge on any atom is 0.261 e. The summed E-state index contributed by atoms with van der Waals surface area (Å²) in [6.07, 6.45) is 11.9. The first kappa shape index (κ1) is 20.1. The zero-order valence-corrected chi connectivity index (χ0v) is 17.6. The lowest BCUT2D eigenvalue weighted by atomic mass is 9.85. The van der Waals surface area contributed by atoms with Crippen LogP contribution < -0.4 is 5.32 Å². The molecule has 162 valence electrons. The molecule has 0 unspecified atom stereocenters. The summed E-state index contributed by atoms with van der Waals surface area (Å²) in [5.74, 6) is -0.292. The largest absolute Gasteiger partial charge is 0.319 e. The second-order valence-electron chi connectivity index (χ2n) is 8.32. The van der Waals surface area contributed by atoms with Crippen LogP contribution in [0.1, 0.15) is 61.0 Å².